The molecule has 25 heavy (non-hydrogen) atoms. The van der Waals surface area contributed by atoms with Crippen molar-refractivity contribution in [1.29, 1.82) is 0 Å². The van der Waals surface area contributed by atoms with E-state index in [4.69, 9.17) is 0 Å². The normalized spacial score (nSPS) is 18.3. The van der Waals surface area contributed by atoms with E-state index in [2.05, 4.69) is 10.0 Å². The van der Waals surface area contributed by atoms with Gasteiger partial charge in [-0.05, 0) is 50.0 Å². The van der Waals surface area contributed by atoms with E-state index in [0.29, 0.717) is 12.3 Å². The van der Waals surface area contributed by atoms with Crippen LogP contribution in [0.5, 0.6) is 0 Å². The van der Waals surface area contributed by atoms with Gasteiger partial charge in [-0.1, -0.05) is 6.07 Å². The molecule has 3 N–H and O–H groups in total. The number of hydrogen-bond acceptors (Lipinski definition) is 4. The van der Waals surface area contributed by atoms with E-state index in [1.165, 1.54) is 18.2 Å². The van der Waals surface area contributed by atoms with Crippen LogP contribution in [0.1, 0.15) is 23.2 Å². The molecule has 0 bridgehead atoms. The first-order valence-electron chi connectivity index (χ1n) is 7.83. The van der Waals surface area contributed by atoms with Crippen LogP contribution < -0.4 is 15.4 Å². The number of alkyl halides is 3. The maximum Gasteiger partial charge on any atom is 0.405 e. The van der Waals surface area contributed by atoms with Gasteiger partial charge in [0.25, 0.3) is 5.91 Å². The largest absolute Gasteiger partial charge is 0.405 e. The number of amides is 1. The fraction of sp³-hybridized carbons (Fsp3) is 0.533. The number of hydrogen-bond donors (Lipinski definition) is 3. The van der Waals surface area contributed by atoms with Gasteiger partial charge in [0.1, 0.15) is 6.54 Å². The molecule has 1 unspecified atom stereocenters. The van der Waals surface area contributed by atoms with Gasteiger partial charge < -0.3 is 10.6 Å². The monoisotopic (exact) mass is 379 g/mol. The highest BCUT2D eigenvalue weighted by molar-refractivity contribution is 7.89. The minimum Gasteiger partial charge on any atom is -0.343 e. The van der Waals surface area contributed by atoms with E-state index in [9.17, 15) is 26.4 Å². The first-order chi connectivity index (χ1) is 11.7. The Hall–Kier alpha value is -1.65. The quantitative estimate of drug-likeness (QED) is 0.666. The van der Waals surface area contributed by atoms with Crippen molar-refractivity contribution in [1.82, 2.24) is 15.4 Å². The van der Waals surface area contributed by atoms with Crippen LogP contribution in [0.15, 0.2) is 29.2 Å². The van der Waals surface area contributed by atoms with Crippen molar-refractivity contribution in [3.8, 4) is 0 Å². The lowest BCUT2D eigenvalue weighted by Gasteiger charge is -2.11. The van der Waals surface area contributed by atoms with Crippen LogP contribution in [0, 0.1) is 5.92 Å². The van der Waals surface area contributed by atoms with E-state index >= 15 is 0 Å². The molecule has 0 saturated carbocycles. The minimum absolute atomic E-state index is 0.146. The van der Waals surface area contributed by atoms with Gasteiger partial charge in [-0.2, -0.15) is 13.2 Å². The number of rotatable bonds is 7. The molecule has 140 valence electrons. The number of benzene rings is 1. The fourth-order valence-electron chi connectivity index (χ4n) is 2.53. The smallest absolute Gasteiger partial charge is 0.343 e. The van der Waals surface area contributed by atoms with E-state index in [1.807, 2.05) is 0 Å². The topological polar surface area (TPSA) is 87.3 Å². The molecule has 1 amide bonds. The van der Waals surface area contributed by atoms with Crippen molar-refractivity contribution >= 4 is 15.9 Å². The molecule has 1 aromatic carbocycles. The third kappa shape index (κ3) is 6.29. The number of nitrogens with one attached hydrogen (secondary N) is 3. The van der Waals surface area contributed by atoms with Gasteiger partial charge in [0.05, 0.1) is 4.90 Å². The molecule has 10 heteroatoms. The number of halogens is 3. The Balaban J connectivity index is 1.97. The van der Waals surface area contributed by atoms with Crippen LogP contribution in [0.3, 0.4) is 0 Å². The third-order valence-electron chi connectivity index (χ3n) is 3.86. The average Bonchev–Trinajstić information content (AvgIpc) is 3.05. The summed E-state index contributed by atoms with van der Waals surface area (Å²) in [7, 11) is -3.82. The summed E-state index contributed by atoms with van der Waals surface area (Å²) in [5.74, 6) is -0.561. The summed E-state index contributed by atoms with van der Waals surface area (Å²) in [5.41, 5.74) is -0.146. The van der Waals surface area contributed by atoms with Crippen molar-refractivity contribution in [2.24, 2.45) is 5.92 Å². The van der Waals surface area contributed by atoms with Gasteiger partial charge in [0.15, 0.2) is 0 Å². The number of sulfonamides is 1. The average molecular weight is 379 g/mol. The molecule has 6 nitrogen and oxygen atoms in total. The molecular weight excluding hydrogens is 359 g/mol. The molecule has 1 aliphatic heterocycles. The Kier molecular flexibility index (Phi) is 6.42. The van der Waals surface area contributed by atoms with E-state index < -0.39 is 28.7 Å². The Labute approximate surface area is 144 Å². The van der Waals surface area contributed by atoms with Crippen molar-refractivity contribution in [2.45, 2.75) is 23.9 Å². The Morgan fingerprint density at radius 1 is 1.32 bits per heavy atom. The van der Waals surface area contributed by atoms with Crippen molar-refractivity contribution in [2.75, 3.05) is 26.2 Å². The maximum atomic E-state index is 12.3. The summed E-state index contributed by atoms with van der Waals surface area (Å²) in [6.45, 7) is 0.568. The molecule has 0 aliphatic carbocycles. The first kappa shape index (κ1) is 19.7. The zero-order valence-electron chi connectivity index (χ0n) is 13.4. The predicted octanol–water partition coefficient (Wildman–Crippen LogP) is 1.26. The summed E-state index contributed by atoms with van der Waals surface area (Å²) in [4.78, 5) is 11.6. The van der Waals surface area contributed by atoms with Crippen LogP contribution in [-0.2, 0) is 10.0 Å². The zero-order chi connectivity index (χ0) is 18.5. The molecule has 1 saturated heterocycles. The molecule has 0 aromatic heterocycles. The molecule has 2 rings (SSSR count). The summed E-state index contributed by atoms with van der Waals surface area (Å²) in [6.07, 6.45) is -2.84. The summed E-state index contributed by atoms with van der Waals surface area (Å²) < 4.78 is 63.4. The van der Waals surface area contributed by atoms with Crippen molar-refractivity contribution in [3.05, 3.63) is 29.8 Å². The van der Waals surface area contributed by atoms with E-state index in [-0.39, 0.29) is 17.0 Å². The van der Waals surface area contributed by atoms with E-state index in [0.717, 1.165) is 25.6 Å². The molecule has 1 atom stereocenters. The van der Waals surface area contributed by atoms with Gasteiger partial charge in [0, 0.05) is 12.1 Å². The maximum absolute atomic E-state index is 12.3. The van der Waals surface area contributed by atoms with Gasteiger partial charge in [-0.3, -0.25) is 4.79 Å². The fourth-order valence-corrected chi connectivity index (χ4v) is 3.62. The first-order valence-corrected chi connectivity index (χ1v) is 9.31. The highest BCUT2D eigenvalue weighted by Gasteiger charge is 2.28. The third-order valence-corrected chi connectivity index (χ3v) is 5.32. The standard InChI is InChI=1S/C15H20F3N3O3S/c16-15(17,18)10-20-14(22)12-2-1-3-13(8-12)25(23,24)21-7-5-11-4-6-19-9-11/h1-3,8,11,19,21H,4-7,9-10H2,(H,20,22). The Bertz CT molecular complexity index is 701. The highest BCUT2D eigenvalue weighted by atomic mass is 32.2. The SMILES string of the molecule is O=C(NCC(F)(F)F)c1cccc(S(=O)(=O)NCCC2CCNC2)c1. The van der Waals surface area contributed by atoms with Crippen LogP contribution in [0.2, 0.25) is 0 Å². The second-order valence-corrected chi connectivity index (χ2v) is 7.64. The molecule has 0 spiro atoms. The second kappa shape index (κ2) is 8.15. The number of carbonyl (C=O) groups excluding carboxylic acids is 1. The summed E-state index contributed by atoms with van der Waals surface area (Å²) in [6, 6.07) is 4.93. The van der Waals surface area contributed by atoms with Gasteiger partial charge in [0.2, 0.25) is 10.0 Å². The number of carbonyl (C=O) groups is 1. The van der Waals surface area contributed by atoms with Crippen LogP contribution >= 0.6 is 0 Å². The minimum atomic E-state index is -4.53. The molecule has 1 aromatic rings. The predicted molar refractivity (Wildman–Crippen MR) is 85.6 cm³/mol. The van der Waals surface area contributed by atoms with Crippen molar-refractivity contribution < 1.29 is 26.4 Å². The van der Waals surface area contributed by atoms with E-state index in [1.54, 1.807) is 5.32 Å². The zero-order valence-corrected chi connectivity index (χ0v) is 14.2. The molecule has 0 radical (unpaired) electrons. The molecule has 1 aliphatic rings. The van der Waals surface area contributed by atoms with Crippen molar-refractivity contribution in [3.63, 3.8) is 0 Å². The lowest BCUT2D eigenvalue weighted by Crippen LogP contribution is -2.34. The van der Waals surface area contributed by atoms with Crippen LogP contribution in [0.4, 0.5) is 13.2 Å². The van der Waals surface area contributed by atoms with Crippen LogP contribution in [-0.4, -0.2) is 46.7 Å². The molecular formula is C15H20F3N3O3S. The Morgan fingerprint density at radius 2 is 2.08 bits per heavy atom. The van der Waals surface area contributed by atoms with Gasteiger partial charge in [-0.25, -0.2) is 13.1 Å². The Morgan fingerprint density at radius 3 is 2.72 bits per heavy atom. The van der Waals surface area contributed by atoms with Gasteiger partial charge in [-0.15, -0.1) is 0 Å². The highest BCUT2D eigenvalue weighted by Crippen LogP contribution is 2.15. The lowest BCUT2D eigenvalue weighted by molar-refractivity contribution is -0.123. The lowest BCUT2D eigenvalue weighted by atomic mass is 10.1. The molecule has 1 heterocycles. The van der Waals surface area contributed by atoms with Crippen LogP contribution in [0.25, 0.3) is 0 Å². The summed E-state index contributed by atoms with van der Waals surface area (Å²) in [5, 5.41) is 4.90. The van der Waals surface area contributed by atoms with Gasteiger partial charge >= 0.3 is 6.18 Å². The second-order valence-electron chi connectivity index (χ2n) is 5.87. The molecule has 1 fully saturated rings. The summed E-state index contributed by atoms with van der Waals surface area (Å²) >= 11 is 0.